The summed E-state index contributed by atoms with van der Waals surface area (Å²) in [6.07, 6.45) is 2.27. The predicted molar refractivity (Wildman–Crippen MR) is 108 cm³/mol. The third-order valence-electron chi connectivity index (χ3n) is 4.89. The van der Waals surface area contributed by atoms with Gasteiger partial charge in [-0.3, -0.25) is 0 Å². The molecule has 3 rings (SSSR count). The van der Waals surface area contributed by atoms with Crippen molar-refractivity contribution in [3.63, 3.8) is 0 Å². The topological polar surface area (TPSA) is 9.34 Å². The van der Waals surface area contributed by atoms with Gasteiger partial charge in [0.1, 0.15) is 0 Å². The van der Waals surface area contributed by atoms with Crippen molar-refractivity contribution < 1.29 is 18.2 Å². The van der Waals surface area contributed by atoms with E-state index >= 15 is 0 Å². The molecule has 0 bridgehead atoms. The second-order valence-corrected chi connectivity index (χ2v) is 10.1. The molecule has 0 aliphatic rings. The van der Waals surface area contributed by atoms with E-state index in [0.29, 0.717) is 17.8 Å². The van der Waals surface area contributed by atoms with E-state index in [-0.39, 0.29) is 0 Å². The second kappa shape index (κ2) is 7.90. The first-order valence-electron chi connectivity index (χ1n) is 9.25. The third-order valence-corrected chi connectivity index (χ3v) is 7.09. The van der Waals surface area contributed by atoms with Crippen LogP contribution in [-0.4, -0.2) is 8.97 Å². The van der Waals surface area contributed by atoms with E-state index < -0.39 is 18.2 Å². The number of fused-ring (bicyclic) bond motifs is 1. The van der Waals surface area contributed by atoms with Crippen LogP contribution in [0.15, 0.2) is 42.6 Å². The van der Waals surface area contributed by atoms with Crippen LogP contribution in [0, 0.1) is 3.63 Å². The molecule has 3 aromatic rings. The maximum absolute atomic E-state index is 6.60. The Morgan fingerprint density at radius 1 is 0.808 bits per heavy atom. The summed E-state index contributed by atoms with van der Waals surface area (Å²) >= 11 is -0.486. The summed E-state index contributed by atoms with van der Waals surface area (Å²) in [5.41, 5.74) is 6.63. The van der Waals surface area contributed by atoms with E-state index in [1.54, 1.807) is 0 Å². The molecule has 26 heavy (non-hydrogen) atoms. The molecule has 0 aliphatic heterocycles. The molecule has 2 nitrogen and oxygen atoms in total. The van der Waals surface area contributed by atoms with Crippen molar-refractivity contribution in [1.29, 1.82) is 0 Å². The number of hydrogen-bond acceptors (Lipinski definition) is 0. The van der Waals surface area contributed by atoms with Gasteiger partial charge in [-0.2, -0.15) is 0 Å². The Bertz CT molecular complexity index is 967. The summed E-state index contributed by atoms with van der Waals surface area (Å²) in [5.74, 6) is 1.38. The minimum absolute atomic E-state index is 0.452. The van der Waals surface area contributed by atoms with Gasteiger partial charge in [0.15, 0.2) is 0 Å². The van der Waals surface area contributed by atoms with Gasteiger partial charge in [-0.15, -0.1) is 0 Å². The Labute approximate surface area is 169 Å². The number of aromatic nitrogens is 2. The van der Waals surface area contributed by atoms with Crippen LogP contribution in [-0.2, 0) is 18.2 Å². The summed E-state index contributed by atoms with van der Waals surface area (Å²) in [6.45, 7) is 13.6. The molecule has 0 aliphatic carbocycles. The number of rotatable bonds is 4. The molecule has 0 atom stereocenters. The van der Waals surface area contributed by atoms with E-state index in [1.807, 2.05) is 0 Å². The zero-order chi connectivity index (χ0) is 19.0. The van der Waals surface area contributed by atoms with E-state index in [0.717, 1.165) is 0 Å². The Hall–Kier alpha value is -1.06. The van der Waals surface area contributed by atoms with Crippen molar-refractivity contribution in [2.45, 2.75) is 59.3 Å². The molecule has 0 unspecified atom stereocenters. The molecule has 4 heteroatoms. The number of benzene rings is 1. The van der Waals surface area contributed by atoms with Crippen molar-refractivity contribution in [1.82, 2.24) is 8.97 Å². The van der Waals surface area contributed by atoms with Gasteiger partial charge in [0.05, 0.1) is 0 Å². The van der Waals surface area contributed by atoms with Crippen LogP contribution in [0.25, 0.3) is 11.2 Å². The van der Waals surface area contributed by atoms with Crippen LogP contribution in [0.2, 0.25) is 0 Å². The van der Waals surface area contributed by atoms with E-state index in [4.69, 9.17) is 9.19 Å². The predicted octanol–water partition coefficient (Wildman–Crippen LogP) is 6.87. The SMILES string of the molecule is CC(C)c1cccc(C(C)C)c1-n1cc2cccc(C(C)C)n2[c]1=[Au][Cl]. The van der Waals surface area contributed by atoms with Gasteiger partial charge in [-0.25, -0.2) is 0 Å². The minimum atomic E-state index is -0.486. The van der Waals surface area contributed by atoms with Crippen LogP contribution in [0.3, 0.4) is 0 Å². The molecule has 1 aromatic carbocycles. The van der Waals surface area contributed by atoms with Crippen LogP contribution < -0.4 is 0 Å². The summed E-state index contributed by atoms with van der Waals surface area (Å²) in [4.78, 5) is 0. The van der Waals surface area contributed by atoms with E-state index in [1.165, 1.54) is 31.7 Å². The monoisotopic (exact) mass is 552 g/mol. The molecule has 0 fully saturated rings. The molecule has 0 saturated carbocycles. The fourth-order valence-corrected chi connectivity index (χ4v) is 5.76. The first-order chi connectivity index (χ1) is 12.4. The van der Waals surface area contributed by atoms with Crippen molar-refractivity contribution in [2.24, 2.45) is 0 Å². The number of nitrogens with zero attached hydrogens (tertiary/aromatic N) is 2. The number of pyridine rings is 1. The Morgan fingerprint density at radius 3 is 1.88 bits per heavy atom. The van der Waals surface area contributed by atoms with Crippen LogP contribution >= 0.6 is 9.19 Å². The molecule has 0 saturated heterocycles. The normalized spacial score (nSPS) is 13.5. The van der Waals surface area contributed by atoms with E-state index in [9.17, 15) is 0 Å². The number of imidazole rings is 1. The van der Waals surface area contributed by atoms with Crippen molar-refractivity contribution >= 4 is 14.7 Å². The van der Waals surface area contributed by atoms with Gasteiger partial charge in [-0.1, -0.05) is 0 Å². The summed E-state index contributed by atoms with van der Waals surface area (Å²) in [6, 6.07) is 13.3. The summed E-state index contributed by atoms with van der Waals surface area (Å²) in [5, 5.41) is 0. The molecule has 2 heterocycles. The van der Waals surface area contributed by atoms with Crippen LogP contribution in [0.4, 0.5) is 0 Å². The van der Waals surface area contributed by atoms with Crippen LogP contribution in [0.1, 0.15) is 76.1 Å². The van der Waals surface area contributed by atoms with Crippen LogP contribution in [0.5, 0.6) is 0 Å². The van der Waals surface area contributed by atoms with Gasteiger partial charge in [-0.05, 0) is 0 Å². The van der Waals surface area contributed by atoms with Gasteiger partial charge < -0.3 is 0 Å². The van der Waals surface area contributed by atoms with Gasteiger partial charge >= 0.3 is 170 Å². The maximum atomic E-state index is 6.60. The average molecular weight is 553 g/mol. The van der Waals surface area contributed by atoms with E-state index in [2.05, 4.69) is 93.1 Å². The molecule has 2 aromatic heterocycles. The average Bonchev–Trinajstić information content (AvgIpc) is 2.98. The number of hydrogen-bond donors (Lipinski definition) is 0. The molecular weight excluding hydrogens is 525 g/mol. The van der Waals surface area contributed by atoms with Crippen molar-refractivity contribution in [3.8, 4) is 5.69 Å². The quantitative estimate of drug-likeness (QED) is 0.313. The van der Waals surface area contributed by atoms with Gasteiger partial charge in [0.25, 0.3) is 0 Å². The Balaban J connectivity index is 2.47. The number of halogens is 1. The molecule has 0 radical (unpaired) electrons. The molecule has 0 amide bonds. The first-order valence-corrected chi connectivity index (χ1v) is 13.0. The zero-order valence-corrected chi connectivity index (χ0v) is 19.3. The Kier molecular flexibility index (Phi) is 5.98. The fourth-order valence-electron chi connectivity index (χ4n) is 3.57. The number of para-hydroxylation sites is 1. The van der Waals surface area contributed by atoms with Crippen molar-refractivity contribution in [3.05, 3.63) is 63.0 Å². The molecule has 0 N–H and O–H groups in total. The summed E-state index contributed by atoms with van der Waals surface area (Å²) in [7, 11) is 6.60. The first kappa shape index (κ1) is 19.7. The third kappa shape index (κ3) is 3.41. The molecule has 144 valence electrons. The summed E-state index contributed by atoms with van der Waals surface area (Å²) < 4.78 is 5.97. The fraction of sp³-hybridized carbons (Fsp3) is 0.409. The molecular formula is C22H28AuClN2. The standard InChI is InChI=1S/C22H28N2.Au.ClH/c1-15(2)19-10-8-11-20(16(3)4)22(19)23-13-18-9-7-12-21(17(5)6)24(18)14-23;;/h7-13,15-17H,1-6H3;;1H/q;+1;/p-1. The Morgan fingerprint density at radius 2 is 1.38 bits per heavy atom. The molecule has 0 spiro atoms. The zero-order valence-electron chi connectivity index (χ0n) is 16.3. The van der Waals surface area contributed by atoms with Gasteiger partial charge in [0.2, 0.25) is 0 Å². The second-order valence-electron chi connectivity index (χ2n) is 7.75. The van der Waals surface area contributed by atoms with Crippen molar-refractivity contribution in [2.75, 3.05) is 0 Å². The van der Waals surface area contributed by atoms with Gasteiger partial charge in [0, 0.05) is 0 Å².